The Bertz CT molecular complexity index is 505. The molecule has 0 unspecified atom stereocenters. The summed E-state index contributed by atoms with van der Waals surface area (Å²) >= 11 is 0. The second-order valence-electron chi connectivity index (χ2n) is 7.23. The van der Waals surface area contributed by atoms with Crippen LogP contribution in [0.3, 0.4) is 0 Å². The molecule has 0 spiro atoms. The Morgan fingerprint density at radius 2 is 1.67 bits per heavy atom. The topological polar surface area (TPSA) is 69.7 Å². The molecule has 2 atom stereocenters. The number of carbonyl (C=O) groups is 1. The summed E-state index contributed by atoms with van der Waals surface area (Å²) < 4.78 is 25.2. The molecular formula is C17H33N3O3S. The third-order valence-electron chi connectivity index (χ3n) is 5.63. The van der Waals surface area contributed by atoms with Gasteiger partial charge in [-0.2, -0.15) is 0 Å². The van der Waals surface area contributed by atoms with E-state index in [1.807, 2.05) is 0 Å². The molecule has 0 aromatic carbocycles. The number of nitrogens with one attached hydrogen (secondary N) is 1. The lowest BCUT2D eigenvalue weighted by atomic mass is 9.97. The maximum Gasteiger partial charge on any atom is 0.223 e. The van der Waals surface area contributed by atoms with Crippen LogP contribution in [0.25, 0.3) is 0 Å². The standard InChI is InChI=1S/C17H33N3O3S/c1-4-24(22,23)19-11-8-16(9-12-19)17(21)18-10-13-20-14(2)6-5-7-15(20)3/h14-16H,4-13H2,1-3H3,(H,18,21)/t14-,15-/m0/s1. The fourth-order valence-electron chi connectivity index (χ4n) is 3.95. The van der Waals surface area contributed by atoms with Crippen LogP contribution >= 0.6 is 0 Å². The first-order valence-electron chi connectivity index (χ1n) is 9.36. The first-order chi connectivity index (χ1) is 11.3. The second kappa shape index (κ2) is 8.63. The normalized spacial score (nSPS) is 28.0. The van der Waals surface area contributed by atoms with Crippen molar-refractivity contribution < 1.29 is 13.2 Å². The van der Waals surface area contributed by atoms with Crippen LogP contribution in [0, 0.1) is 5.92 Å². The average molecular weight is 360 g/mol. The smallest absolute Gasteiger partial charge is 0.223 e. The van der Waals surface area contributed by atoms with Gasteiger partial charge in [-0.15, -0.1) is 0 Å². The molecule has 1 amide bonds. The van der Waals surface area contributed by atoms with Gasteiger partial charge in [-0.25, -0.2) is 12.7 Å². The van der Waals surface area contributed by atoms with E-state index in [-0.39, 0.29) is 17.6 Å². The molecule has 0 bridgehead atoms. The fourth-order valence-corrected chi connectivity index (χ4v) is 5.08. The summed E-state index contributed by atoms with van der Waals surface area (Å²) in [5.41, 5.74) is 0. The summed E-state index contributed by atoms with van der Waals surface area (Å²) in [7, 11) is -3.12. The van der Waals surface area contributed by atoms with Crippen LogP contribution in [-0.4, -0.2) is 67.5 Å². The van der Waals surface area contributed by atoms with E-state index in [1.165, 1.54) is 23.6 Å². The molecule has 24 heavy (non-hydrogen) atoms. The molecule has 0 radical (unpaired) electrons. The van der Waals surface area contributed by atoms with Crippen molar-refractivity contribution >= 4 is 15.9 Å². The predicted molar refractivity (Wildman–Crippen MR) is 96.2 cm³/mol. The zero-order valence-corrected chi connectivity index (χ0v) is 16.1. The number of hydrogen-bond donors (Lipinski definition) is 1. The number of carbonyl (C=O) groups excluding carboxylic acids is 1. The monoisotopic (exact) mass is 359 g/mol. The zero-order valence-electron chi connectivity index (χ0n) is 15.3. The molecule has 7 heteroatoms. The first-order valence-corrected chi connectivity index (χ1v) is 11.0. The largest absolute Gasteiger partial charge is 0.355 e. The highest BCUT2D eigenvalue weighted by Crippen LogP contribution is 2.22. The van der Waals surface area contributed by atoms with Crippen LogP contribution in [-0.2, 0) is 14.8 Å². The zero-order chi connectivity index (χ0) is 17.7. The van der Waals surface area contributed by atoms with E-state index in [4.69, 9.17) is 0 Å². The minimum Gasteiger partial charge on any atom is -0.355 e. The summed E-state index contributed by atoms with van der Waals surface area (Å²) in [6, 6.07) is 1.18. The van der Waals surface area contributed by atoms with Crippen LogP contribution in [0.5, 0.6) is 0 Å². The van der Waals surface area contributed by atoms with E-state index in [1.54, 1.807) is 6.92 Å². The van der Waals surface area contributed by atoms with E-state index in [2.05, 4.69) is 24.1 Å². The van der Waals surface area contributed by atoms with Gasteiger partial charge >= 0.3 is 0 Å². The molecule has 2 fully saturated rings. The molecule has 140 valence electrons. The van der Waals surface area contributed by atoms with Crippen molar-refractivity contribution in [2.45, 2.75) is 65.0 Å². The van der Waals surface area contributed by atoms with E-state index in [0.29, 0.717) is 44.6 Å². The third kappa shape index (κ3) is 4.92. The van der Waals surface area contributed by atoms with Crippen molar-refractivity contribution in [1.29, 1.82) is 0 Å². The van der Waals surface area contributed by atoms with Gasteiger partial charge in [0.05, 0.1) is 5.75 Å². The SMILES string of the molecule is CCS(=O)(=O)N1CCC(C(=O)NCCN2[C@@H](C)CCC[C@@H]2C)CC1. The maximum atomic E-state index is 12.3. The van der Waals surface area contributed by atoms with E-state index < -0.39 is 10.0 Å². The lowest BCUT2D eigenvalue weighted by Gasteiger charge is -2.39. The Balaban J connectivity index is 1.72. The number of rotatable bonds is 6. The second-order valence-corrected chi connectivity index (χ2v) is 9.49. The molecule has 2 aliphatic heterocycles. The summed E-state index contributed by atoms with van der Waals surface area (Å²) in [5.74, 6) is 0.168. The lowest BCUT2D eigenvalue weighted by molar-refractivity contribution is -0.126. The number of amides is 1. The van der Waals surface area contributed by atoms with Crippen molar-refractivity contribution in [3.05, 3.63) is 0 Å². The van der Waals surface area contributed by atoms with Crippen molar-refractivity contribution in [1.82, 2.24) is 14.5 Å². The first kappa shape index (κ1) is 19.7. The highest BCUT2D eigenvalue weighted by molar-refractivity contribution is 7.89. The van der Waals surface area contributed by atoms with E-state index in [9.17, 15) is 13.2 Å². The van der Waals surface area contributed by atoms with Crippen LogP contribution in [0.2, 0.25) is 0 Å². The van der Waals surface area contributed by atoms with E-state index >= 15 is 0 Å². The minimum atomic E-state index is -3.12. The number of likely N-dealkylation sites (tertiary alicyclic amines) is 1. The summed E-state index contributed by atoms with van der Waals surface area (Å²) in [5, 5.41) is 3.06. The minimum absolute atomic E-state index is 0.0514. The Morgan fingerprint density at radius 3 is 2.21 bits per heavy atom. The molecular weight excluding hydrogens is 326 g/mol. The Kier molecular flexibility index (Phi) is 7.07. The molecule has 6 nitrogen and oxygen atoms in total. The number of piperidine rings is 2. The van der Waals surface area contributed by atoms with Crippen molar-refractivity contribution in [2.75, 3.05) is 31.9 Å². The van der Waals surface area contributed by atoms with Gasteiger partial charge in [-0.1, -0.05) is 6.42 Å². The molecule has 2 saturated heterocycles. The average Bonchev–Trinajstić information content (AvgIpc) is 2.57. The Morgan fingerprint density at radius 1 is 1.08 bits per heavy atom. The highest BCUT2D eigenvalue weighted by Gasteiger charge is 2.30. The van der Waals surface area contributed by atoms with Crippen LogP contribution in [0.1, 0.15) is 52.9 Å². The predicted octanol–water partition coefficient (Wildman–Crippen LogP) is 1.43. The Labute approximate surface area is 147 Å². The number of sulfonamides is 1. The van der Waals surface area contributed by atoms with Crippen LogP contribution < -0.4 is 5.32 Å². The van der Waals surface area contributed by atoms with Crippen molar-refractivity contribution in [3.63, 3.8) is 0 Å². The van der Waals surface area contributed by atoms with Gasteiger partial charge in [0.15, 0.2) is 0 Å². The van der Waals surface area contributed by atoms with Gasteiger partial charge in [0.2, 0.25) is 15.9 Å². The number of nitrogens with zero attached hydrogens (tertiary/aromatic N) is 2. The molecule has 0 aliphatic carbocycles. The molecule has 2 aliphatic rings. The Hall–Kier alpha value is -0.660. The summed E-state index contributed by atoms with van der Waals surface area (Å²) in [6.07, 6.45) is 5.03. The molecule has 0 saturated carbocycles. The van der Waals surface area contributed by atoms with Crippen LogP contribution in [0.4, 0.5) is 0 Å². The van der Waals surface area contributed by atoms with Gasteiger partial charge in [0.25, 0.3) is 0 Å². The van der Waals surface area contributed by atoms with Gasteiger partial charge < -0.3 is 5.32 Å². The molecule has 0 aromatic rings. The van der Waals surface area contributed by atoms with Crippen molar-refractivity contribution in [3.8, 4) is 0 Å². The third-order valence-corrected chi connectivity index (χ3v) is 7.51. The van der Waals surface area contributed by atoms with Gasteiger partial charge in [0, 0.05) is 44.2 Å². The molecule has 2 heterocycles. The number of hydrogen-bond acceptors (Lipinski definition) is 4. The fraction of sp³-hybridized carbons (Fsp3) is 0.941. The highest BCUT2D eigenvalue weighted by atomic mass is 32.2. The summed E-state index contributed by atoms with van der Waals surface area (Å²) in [6.45, 7) is 8.71. The van der Waals surface area contributed by atoms with Crippen molar-refractivity contribution in [2.24, 2.45) is 5.92 Å². The van der Waals surface area contributed by atoms with Gasteiger partial charge in [-0.3, -0.25) is 9.69 Å². The van der Waals surface area contributed by atoms with Crippen LogP contribution in [0.15, 0.2) is 0 Å². The maximum absolute atomic E-state index is 12.3. The molecule has 2 rings (SSSR count). The van der Waals surface area contributed by atoms with Gasteiger partial charge in [-0.05, 0) is 46.5 Å². The summed E-state index contributed by atoms with van der Waals surface area (Å²) in [4.78, 5) is 14.8. The lowest BCUT2D eigenvalue weighted by Crippen LogP contribution is -2.48. The van der Waals surface area contributed by atoms with E-state index in [0.717, 1.165) is 6.54 Å². The quantitative estimate of drug-likeness (QED) is 0.779. The van der Waals surface area contributed by atoms with Gasteiger partial charge in [0.1, 0.15) is 0 Å². The molecule has 0 aromatic heterocycles. The molecule has 1 N–H and O–H groups in total.